The van der Waals surface area contributed by atoms with E-state index in [-0.39, 0.29) is 54.0 Å². The Morgan fingerprint density at radius 2 is 1.02 bits per heavy atom. The molecule has 300 valence electrons. The van der Waals surface area contributed by atoms with Gasteiger partial charge in [0.1, 0.15) is 29.3 Å². The molecule has 2 fully saturated rings. The molecule has 4 aromatic carbocycles. The predicted octanol–water partition coefficient (Wildman–Crippen LogP) is 9.56. The Hall–Kier alpha value is -5.51. The number of ether oxygens (including phenoxy) is 5. The highest BCUT2D eigenvalue weighted by Gasteiger charge is 2.32. The molecule has 0 bridgehead atoms. The lowest BCUT2D eigenvalue weighted by Gasteiger charge is -2.27. The van der Waals surface area contributed by atoms with Crippen molar-refractivity contribution in [3.8, 4) is 11.5 Å². The smallest absolute Gasteiger partial charge is 0.341 e. The van der Waals surface area contributed by atoms with Gasteiger partial charge >= 0.3 is 29.8 Å². The maximum atomic E-state index is 13.4. The van der Waals surface area contributed by atoms with E-state index in [0.29, 0.717) is 79.0 Å². The molecule has 0 amide bonds. The van der Waals surface area contributed by atoms with Gasteiger partial charge in [0, 0.05) is 0 Å². The minimum Gasteiger partial charge on any atom is -0.462 e. The van der Waals surface area contributed by atoms with Gasteiger partial charge in [0.2, 0.25) is 0 Å². The number of benzene rings is 4. The van der Waals surface area contributed by atoms with Crippen LogP contribution in [0.3, 0.4) is 0 Å². The van der Waals surface area contributed by atoms with Crippen molar-refractivity contribution in [1.82, 2.24) is 0 Å². The van der Waals surface area contributed by atoms with Crippen LogP contribution in [0.15, 0.2) is 78.9 Å². The summed E-state index contributed by atoms with van der Waals surface area (Å²) in [4.78, 5) is 65.2. The van der Waals surface area contributed by atoms with Gasteiger partial charge in [-0.1, -0.05) is 57.0 Å². The van der Waals surface area contributed by atoms with Crippen molar-refractivity contribution in [2.45, 2.75) is 110 Å². The fraction of sp³-hybridized carbons (Fsp3) is 0.426. The van der Waals surface area contributed by atoms with Gasteiger partial charge in [0.15, 0.2) is 0 Å². The van der Waals surface area contributed by atoms with Crippen molar-refractivity contribution in [3.63, 3.8) is 0 Å². The number of hydrogen-bond acceptors (Lipinski definition) is 10. The van der Waals surface area contributed by atoms with Gasteiger partial charge in [-0.3, -0.25) is 9.59 Å². The molecule has 0 radical (unpaired) electrons. The van der Waals surface area contributed by atoms with Crippen LogP contribution in [0.4, 0.5) is 0 Å². The zero-order valence-corrected chi connectivity index (χ0v) is 33.1. The maximum Gasteiger partial charge on any atom is 0.341 e. The number of carbonyl (C=O) groups is 5. The van der Waals surface area contributed by atoms with Crippen molar-refractivity contribution in [2.24, 2.45) is 11.8 Å². The summed E-state index contributed by atoms with van der Waals surface area (Å²) in [5.41, 5.74) is 3.47. The summed E-state index contributed by atoms with van der Waals surface area (Å²) in [6.45, 7) is 6.04. The van der Waals surface area contributed by atoms with Gasteiger partial charge < -0.3 is 23.7 Å². The highest BCUT2D eigenvalue weighted by Crippen LogP contribution is 2.34. The second-order valence-electron chi connectivity index (χ2n) is 15.1. The Labute approximate surface area is 334 Å². The Kier molecular flexibility index (Phi) is 14.1. The normalized spacial score (nSPS) is 19.3. The Morgan fingerprint density at radius 3 is 1.49 bits per heavy atom. The largest absolute Gasteiger partial charge is 0.462 e. The van der Waals surface area contributed by atoms with E-state index in [1.54, 1.807) is 61.5 Å². The zero-order chi connectivity index (χ0) is 40.3. The third kappa shape index (κ3) is 10.9. The molecule has 2 saturated carbocycles. The van der Waals surface area contributed by atoms with E-state index in [0.717, 1.165) is 25.7 Å². The topological polar surface area (TPSA) is 132 Å². The van der Waals surface area contributed by atoms with E-state index < -0.39 is 17.9 Å². The molecule has 4 aromatic rings. The number of hydrogen-bond donors (Lipinski definition) is 0. The molecule has 2 aliphatic carbocycles. The Balaban J connectivity index is 1.03. The fourth-order valence-corrected chi connectivity index (χ4v) is 7.63. The van der Waals surface area contributed by atoms with Crippen molar-refractivity contribution >= 4 is 40.6 Å². The van der Waals surface area contributed by atoms with Crippen LogP contribution in [0.5, 0.6) is 11.5 Å². The van der Waals surface area contributed by atoms with Crippen LogP contribution < -0.4 is 9.47 Å². The molecule has 10 nitrogen and oxygen atoms in total. The number of aryl methyl sites for hydroxylation is 2. The summed E-state index contributed by atoms with van der Waals surface area (Å²) >= 11 is 0. The van der Waals surface area contributed by atoms with Gasteiger partial charge in [-0.05, 0) is 142 Å². The second-order valence-corrected chi connectivity index (χ2v) is 15.1. The van der Waals surface area contributed by atoms with E-state index in [9.17, 15) is 24.0 Å². The fourth-order valence-electron chi connectivity index (χ4n) is 7.63. The van der Waals surface area contributed by atoms with E-state index >= 15 is 0 Å². The first kappa shape index (κ1) is 41.1. The SMILES string of the molecule is CCCc1ccc(C(=O)OC2CCC(C(=O)Oc3ccc4cc(OC(=O)C5CCC(OC(=O)c6ccc(CCC)cc6)CC5)c(C(=O)OCC)cc4c3)CC2)cc1. The number of rotatable bonds is 14. The lowest BCUT2D eigenvalue weighted by atomic mass is 9.87. The molecule has 0 saturated heterocycles. The first-order valence-electron chi connectivity index (χ1n) is 20.4. The second kappa shape index (κ2) is 19.6. The number of esters is 5. The molecule has 57 heavy (non-hydrogen) atoms. The van der Waals surface area contributed by atoms with Crippen molar-refractivity contribution in [1.29, 1.82) is 0 Å². The number of fused-ring (bicyclic) bond motifs is 1. The van der Waals surface area contributed by atoms with Gasteiger partial charge in [-0.15, -0.1) is 0 Å². The highest BCUT2D eigenvalue weighted by atomic mass is 16.6. The van der Waals surface area contributed by atoms with Crippen LogP contribution in [0.1, 0.15) is 127 Å². The molecule has 0 N–H and O–H groups in total. The minimum atomic E-state index is -0.645. The first-order valence-corrected chi connectivity index (χ1v) is 20.4. The van der Waals surface area contributed by atoms with Gasteiger partial charge in [0.25, 0.3) is 0 Å². The lowest BCUT2D eigenvalue weighted by Crippen LogP contribution is -2.30. The van der Waals surface area contributed by atoms with Gasteiger partial charge in [0.05, 0.1) is 29.6 Å². The highest BCUT2D eigenvalue weighted by molar-refractivity contribution is 6.00. The zero-order valence-electron chi connectivity index (χ0n) is 33.1. The average molecular weight is 777 g/mol. The Morgan fingerprint density at radius 1 is 0.526 bits per heavy atom. The monoisotopic (exact) mass is 776 g/mol. The van der Waals surface area contributed by atoms with Crippen LogP contribution in [0, 0.1) is 11.8 Å². The minimum absolute atomic E-state index is 0.0820. The molecule has 0 unspecified atom stereocenters. The van der Waals surface area contributed by atoms with Crippen molar-refractivity contribution < 1.29 is 47.7 Å². The van der Waals surface area contributed by atoms with Crippen LogP contribution >= 0.6 is 0 Å². The quantitative estimate of drug-likeness (QED) is 0.0693. The summed E-state index contributed by atoms with van der Waals surface area (Å²) in [6, 6.07) is 23.3. The molecule has 0 spiro atoms. The van der Waals surface area contributed by atoms with E-state index in [4.69, 9.17) is 23.7 Å². The van der Waals surface area contributed by atoms with Gasteiger partial charge in [-0.2, -0.15) is 0 Å². The van der Waals surface area contributed by atoms with Crippen LogP contribution in [-0.4, -0.2) is 48.7 Å². The molecular weight excluding hydrogens is 725 g/mol. The van der Waals surface area contributed by atoms with E-state index in [2.05, 4.69) is 13.8 Å². The van der Waals surface area contributed by atoms with Crippen molar-refractivity contribution in [2.75, 3.05) is 6.61 Å². The number of carbonyl (C=O) groups excluding carboxylic acids is 5. The summed E-state index contributed by atoms with van der Waals surface area (Å²) in [5.74, 6) is -2.57. The van der Waals surface area contributed by atoms with Crippen LogP contribution in [0.2, 0.25) is 0 Å². The van der Waals surface area contributed by atoms with E-state index in [1.165, 1.54) is 11.1 Å². The molecule has 0 heterocycles. The first-order chi connectivity index (χ1) is 27.6. The van der Waals surface area contributed by atoms with Crippen molar-refractivity contribution in [3.05, 3.63) is 107 Å². The molecule has 6 rings (SSSR count). The molecule has 0 aliphatic heterocycles. The summed E-state index contributed by atoms with van der Waals surface area (Å²) in [6.07, 6.45) is 7.59. The molecule has 0 aromatic heterocycles. The summed E-state index contributed by atoms with van der Waals surface area (Å²) < 4.78 is 28.5. The standard InChI is InChI=1S/C47H52O10/c1-4-7-30-9-13-32(14-10-30)43(48)54-38-22-17-34(18-23-38)45(50)56-40-26-21-36-29-42(41(28-37(36)27-40)47(52)53-6-3)57-46(51)35-19-24-39(25-20-35)55-44(49)33-15-11-31(8-5-2)12-16-33/h9-16,21,26-29,34-35,38-39H,4-8,17-20,22-25H2,1-3H3. The predicted molar refractivity (Wildman–Crippen MR) is 214 cm³/mol. The Bertz CT molecular complexity index is 2040. The lowest BCUT2D eigenvalue weighted by molar-refractivity contribution is -0.141. The molecule has 2 aliphatic rings. The van der Waals surface area contributed by atoms with E-state index in [1.807, 2.05) is 24.3 Å². The molecular formula is C47H52O10. The third-order valence-electron chi connectivity index (χ3n) is 10.9. The van der Waals surface area contributed by atoms with Crippen LogP contribution in [-0.2, 0) is 36.6 Å². The van der Waals surface area contributed by atoms with Gasteiger partial charge in [-0.25, -0.2) is 14.4 Å². The molecule has 0 atom stereocenters. The summed E-state index contributed by atoms with van der Waals surface area (Å²) in [7, 11) is 0. The third-order valence-corrected chi connectivity index (χ3v) is 10.9. The van der Waals surface area contributed by atoms with Crippen LogP contribution in [0.25, 0.3) is 10.8 Å². The molecule has 10 heteroatoms. The average Bonchev–Trinajstić information content (AvgIpc) is 3.22. The maximum absolute atomic E-state index is 13.4. The summed E-state index contributed by atoms with van der Waals surface area (Å²) in [5, 5.41) is 1.27.